The van der Waals surface area contributed by atoms with Crippen LogP contribution in [0.4, 0.5) is 9.93 Å². The summed E-state index contributed by atoms with van der Waals surface area (Å²) in [6.07, 6.45) is 0.673. The quantitative estimate of drug-likeness (QED) is 0.774. The summed E-state index contributed by atoms with van der Waals surface area (Å²) < 4.78 is 0. The van der Waals surface area contributed by atoms with Crippen molar-refractivity contribution in [1.82, 2.24) is 10.3 Å². The Morgan fingerprint density at radius 3 is 2.47 bits per heavy atom. The van der Waals surface area contributed by atoms with E-state index in [0.29, 0.717) is 11.6 Å². The van der Waals surface area contributed by atoms with Crippen molar-refractivity contribution in [2.24, 2.45) is 5.92 Å². The fourth-order valence-corrected chi connectivity index (χ4v) is 2.29. The third-order valence-corrected chi connectivity index (χ3v) is 4.00. The van der Waals surface area contributed by atoms with E-state index in [2.05, 4.69) is 15.6 Å². The highest BCUT2D eigenvalue weighted by atomic mass is 32.1. The highest BCUT2D eigenvalue weighted by molar-refractivity contribution is 7.15. The Morgan fingerprint density at radius 1 is 1.42 bits per heavy atom. The van der Waals surface area contributed by atoms with Crippen LogP contribution in [0.25, 0.3) is 0 Å². The zero-order valence-electron chi connectivity index (χ0n) is 11.5. The van der Waals surface area contributed by atoms with Gasteiger partial charge in [0.2, 0.25) is 0 Å². The van der Waals surface area contributed by atoms with Gasteiger partial charge in [0, 0.05) is 4.88 Å². The van der Waals surface area contributed by atoms with Crippen LogP contribution in [-0.4, -0.2) is 28.1 Å². The highest BCUT2D eigenvalue weighted by Crippen LogP contribution is 2.21. The second-order valence-electron chi connectivity index (χ2n) is 4.46. The molecule has 2 unspecified atom stereocenters. The number of aromatic nitrogens is 1. The summed E-state index contributed by atoms with van der Waals surface area (Å²) in [5.41, 5.74) is 0.858. The average molecular weight is 285 g/mol. The second kappa shape index (κ2) is 6.51. The number of nitrogens with one attached hydrogen (secondary N) is 2. The molecule has 1 heterocycles. The van der Waals surface area contributed by atoms with Gasteiger partial charge in [-0.3, -0.25) is 5.32 Å². The van der Waals surface area contributed by atoms with E-state index in [1.807, 2.05) is 20.8 Å². The van der Waals surface area contributed by atoms with Crippen molar-refractivity contribution in [2.45, 2.75) is 40.2 Å². The Hall–Kier alpha value is -1.63. The predicted octanol–water partition coefficient (Wildman–Crippen LogP) is 2.38. The van der Waals surface area contributed by atoms with Gasteiger partial charge in [-0.25, -0.2) is 14.6 Å². The van der Waals surface area contributed by atoms with Crippen LogP contribution in [0.15, 0.2) is 0 Å². The summed E-state index contributed by atoms with van der Waals surface area (Å²) in [4.78, 5) is 28.0. The van der Waals surface area contributed by atoms with Crippen molar-refractivity contribution in [3.63, 3.8) is 0 Å². The van der Waals surface area contributed by atoms with Gasteiger partial charge in [-0.1, -0.05) is 20.3 Å². The smallest absolute Gasteiger partial charge is 0.326 e. The molecule has 6 nitrogen and oxygen atoms in total. The number of nitrogens with zero attached hydrogens (tertiary/aromatic N) is 1. The van der Waals surface area contributed by atoms with Crippen molar-refractivity contribution < 1.29 is 14.7 Å². The summed E-state index contributed by atoms with van der Waals surface area (Å²) in [7, 11) is 0. The van der Waals surface area contributed by atoms with Gasteiger partial charge in [0.1, 0.15) is 6.04 Å². The third-order valence-electron chi connectivity index (χ3n) is 3.01. The Morgan fingerprint density at radius 2 is 2.05 bits per heavy atom. The number of thiazole rings is 1. The molecule has 0 saturated carbocycles. The van der Waals surface area contributed by atoms with Crippen LogP contribution in [0, 0.1) is 19.8 Å². The van der Waals surface area contributed by atoms with Crippen molar-refractivity contribution >= 4 is 28.5 Å². The fourth-order valence-electron chi connectivity index (χ4n) is 1.48. The molecule has 1 aromatic heterocycles. The molecule has 0 aliphatic carbocycles. The van der Waals surface area contributed by atoms with E-state index in [4.69, 9.17) is 5.11 Å². The molecule has 2 atom stereocenters. The Kier molecular flexibility index (Phi) is 5.29. The molecule has 1 aromatic rings. The average Bonchev–Trinajstić information content (AvgIpc) is 2.63. The summed E-state index contributed by atoms with van der Waals surface area (Å²) in [6.45, 7) is 7.44. The van der Waals surface area contributed by atoms with Crippen LogP contribution in [0.3, 0.4) is 0 Å². The number of hydrogen-bond donors (Lipinski definition) is 3. The van der Waals surface area contributed by atoms with Gasteiger partial charge in [0.15, 0.2) is 5.13 Å². The molecule has 0 fully saturated rings. The number of carbonyl (C=O) groups is 2. The molecule has 106 valence electrons. The van der Waals surface area contributed by atoms with Crippen LogP contribution in [0.5, 0.6) is 0 Å². The molecular weight excluding hydrogens is 266 g/mol. The monoisotopic (exact) mass is 285 g/mol. The number of carbonyl (C=O) groups excluding carboxylic acids is 1. The lowest BCUT2D eigenvalue weighted by Gasteiger charge is -2.19. The van der Waals surface area contributed by atoms with Gasteiger partial charge in [0.25, 0.3) is 0 Å². The van der Waals surface area contributed by atoms with Crippen molar-refractivity contribution in [3.8, 4) is 0 Å². The molecule has 0 aliphatic rings. The largest absolute Gasteiger partial charge is 0.480 e. The molecule has 0 saturated heterocycles. The van der Waals surface area contributed by atoms with Crippen LogP contribution in [0.2, 0.25) is 0 Å². The maximum Gasteiger partial charge on any atom is 0.326 e. The molecule has 0 radical (unpaired) electrons. The maximum atomic E-state index is 11.7. The van der Waals surface area contributed by atoms with Crippen molar-refractivity contribution in [1.29, 1.82) is 0 Å². The predicted molar refractivity (Wildman–Crippen MR) is 74.6 cm³/mol. The summed E-state index contributed by atoms with van der Waals surface area (Å²) in [5.74, 6) is -1.17. The summed E-state index contributed by atoms with van der Waals surface area (Å²) >= 11 is 1.36. The summed E-state index contributed by atoms with van der Waals surface area (Å²) in [6, 6.07) is -1.44. The lowest BCUT2D eigenvalue weighted by Crippen LogP contribution is -2.46. The van der Waals surface area contributed by atoms with Gasteiger partial charge < -0.3 is 10.4 Å². The number of hydrogen-bond acceptors (Lipinski definition) is 4. The molecule has 0 aromatic carbocycles. The van der Waals surface area contributed by atoms with E-state index in [9.17, 15) is 9.59 Å². The van der Waals surface area contributed by atoms with Crippen LogP contribution in [0.1, 0.15) is 30.8 Å². The first-order valence-corrected chi connectivity index (χ1v) is 6.91. The zero-order chi connectivity index (χ0) is 14.6. The molecule has 19 heavy (non-hydrogen) atoms. The number of amides is 2. The van der Waals surface area contributed by atoms with Crippen LogP contribution in [-0.2, 0) is 4.79 Å². The topological polar surface area (TPSA) is 91.3 Å². The van der Waals surface area contributed by atoms with E-state index in [-0.39, 0.29) is 5.92 Å². The highest BCUT2D eigenvalue weighted by Gasteiger charge is 2.25. The van der Waals surface area contributed by atoms with Gasteiger partial charge >= 0.3 is 12.0 Å². The third kappa shape index (κ3) is 4.20. The number of carboxylic acid groups (broad SMARTS) is 1. The SMILES string of the molecule is CCC(C)C(NC(=O)Nc1nc(C)c(C)s1)C(=O)O. The standard InChI is InChI=1S/C12H19N3O3S/c1-5-6(2)9(10(16)17)14-11(18)15-12-13-7(3)8(4)19-12/h6,9H,5H2,1-4H3,(H,16,17)(H2,13,14,15,18). The number of urea groups is 1. The molecule has 1 rings (SSSR count). The first-order chi connectivity index (χ1) is 8.85. The van der Waals surface area contributed by atoms with E-state index in [0.717, 1.165) is 10.6 Å². The van der Waals surface area contributed by atoms with Gasteiger partial charge in [-0.05, 0) is 19.8 Å². The van der Waals surface area contributed by atoms with Gasteiger partial charge in [0.05, 0.1) is 5.69 Å². The molecule has 0 spiro atoms. The molecule has 7 heteroatoms. The van der Waals surface area contributed by atoms with E-state index in [1.165, 1.54) is 11.3 Å². The molecule has 3 N–H and O–H groups in total. The minimum absolute atomic E-state index is 0.136. The number of anilines is 1. The van der Waals surface area contributed by atoms with Gasteiger partial charge in [-0.2, -0.15) is 0 Å². The minimum Gasteiger partial charge on any atom is -0.480 e. The number of aryl methyl sites for hydroxylation is 2. The number of rotatable bonds is 5. The van der Waals surface area contributed by atoms with Crippen LogP contribution < -0.4 is 10.6 Å². The molecule has 0 aliphatic heterocycles. The van der Waals surface area contributed by atoms with Crippen LogP contribution >= 0.6 is 11.3 Å². The number of carboxylic acids is 1. The second-order valence-corrected chi connectivity index (χ2v) is 5.66. The Balaban J connectivity index is 2.65. The first-order valence-electron chi connectivity index (χ1n) is 6.09. The van der Waals surface area contributed by atoms with E-state index >= 15 is 0 Å². The van der Waals surface area contributed by atoms with Crippen molar-refractivity contribution in [2.75, 3.05) is 5.32 Å². The Bertz CT molecular complexity index is 453. The molecule has 0 bridgehead atoms. The molecular formula is C12H19N3O3S. The Labute approximate surface area is 116 Å². The normalized spacial score (nSPS) is 13.7. The lowest BCUT2D eigenvalue weighted by atomic mass is 10.00. The first kappa shape index (κ1) is 15.4. The van der Waals surface area contributed by atoms with E-state index < -0.39 is 18.0 Å². The zero-order valence-corrected chi connectivity index (χ0v) is 12.3. The lowest BCUT2D eigenvalue weighted by molar-refractivity contribution is -0.140. The van der Waals surface area contributed by atoms with Gasteiger partial charge in [-0.15, -0.1) is 11.3 Å². The molecule has 2 amide bonds. The summed E-state index contributed by atoms with van der Waals surface area (Å²) in [5, 5.41) is 14.6. The fraction of sp³-hybridized carbons (Fsp3) is 0.583. The minimum atomic E-state index is -1.03. The van der Waals surface area contributed by atoms with Crippen molar-refractivity contribution in [3.05, 3.63) is 10.6 Å². The number of aliphatic carboxylic acids is 1. The van der Waals surface area contributed by atoms with E-state index in [1.54, 1.807) is 6.92 Å². The maximum absolute atomic E-state index is 11.7.